The van der Waals surface area contributed by atoms with E-state index in [9.17, 15) is 18.3 Å². The van der Waals surface area contributed by atoms with Crippen LogP contribution < -0.4 is 9.73 Å². The van der Waals surface area contributed by atoms with Crippen molar-refractivity contribution in [2.75, 3.05) is 17.1 Å². The predicted octanol–water partition coefficient (Wildman–Crippen LogP) is 2.32. The highest BCUT2D eigenvalue weighted by Gasteiger charge is 2.22. The number of amides is 1. The molecule has 0 aliphatic carbocycles. The maximum absolute atomic E-state index is 12.3. The second-order valence-electron chi connectivity index (χ2n) is 6.31. The Morgan fingerprint density at radius 1 is 1.19 bits per heavy atom. The molecule has 27 heavy (non-hydrogen) atoms. The van der Waals surface area contributed by atoms with Crippen molar-refractivity contribution < 1.29 is 18.3 Å². The van der Waals surface area contributed by atoms with Gasteiger partial charge < -0.3 is 5.11 Å². The summed E-state index contributed by atoms with van der Waals surface area (Å²) >= 11 is 0. The van der Waals surface area contributed by atoms with Crippen LogP contribution in [0.5, 0.6) is 5.75 Å². The number of carbonyl (C=O) groups excluding carboxylic acids is 1. The number of nitrogens with one attached hydrogen (secondary N) is 1. The highest BCUT2D eigenvalue weighted by Crippen LogP contribution is 2.23. The van der Waals surface area contributed by atoms with Gasteiger partial charge in [-0.2, -0.15) is 5.10 Å². The largest absolute Gasteiger partial charge is 0.507 e. The van der Waals surface area contributed by atoms with Crippen molar-refractivity contribution in [2.24, 2.45) is 5.10 Å². The van der Waals surface area contributed by atoms with Crippen LogP contribution in [-0.4, -0.2) is 37.9 Å². The lowest BCUT2D eigenvalue weighted by Crippen LogP contribution is -2.39. The number of sulfonamides is 1. The normalized spacial score (nSPS) is 11.9. The molecule has 0 heterocycles. The average Bonchev–Trinajstić information content (AvgIpc) is 2.57. The van der Waals surface area contributed by atoms with E-state index >= 15 is 0 Å². The third kappa shape index (κ3) is 5.30. The van der Waals surface area contributed by atoms with Crippen LogP contribution in [-0.2, 0) is 14.8 Å². The number of nitrogens with zero attached hydrogens (tertiary/aromatic N) is 2. The lowest BCUT2D eigenvalue weighted by atomic mass is 10.1. The van der Waals surface area contributed by atoms with Crippen molar-refractivity contribution in [1.82, 2.24) is 5.43 Å². The fraction of sp³-hybridized carbons (Fsp3) is 0.263. The molecule has 2 aromatic rings. The van der Waals surface area contributed by atoms with Gasteiger partial charge in [0.15, 0.2) is 0 Å². The van der Waals surface area contributed by atoms with Crippen LogP contribution in [0.15, 0.2) is 47.6 Å². The van der Waals surface area contributed by atoms with Gasteiger partial charge in [-0.3, -0.25) is 9.10 Å². The first kappa shape index (κ1) is 20.4. The Labute approximate surface area is 159 Å². The van der Waals surface area contributed by atoms with Crippen LogP contribution in [0.2, 0.25) is 0 Å². The van der Waals surface area contributed by atoms with Crippen LogP contribution in [0.1, 0.15) is 23.6 Å². The lowest BCUT2D eigenvalue weighted by Gasteiger charge is -2.23. The second-order valence-corrected chi connectivity index (χ2v) is 8.22. The van der Waals surface area contributed by atoms with Gasteiger partial charge in [0.25, 0.3) is 5.91 Å². The third-order valence-electron chi connectivity index (χ3n) is 3.95. The topological polar surface area (TPSA) is 99.1 Å². The van der Waals surface area contributed by atoms with Gasteiger partial charge in [-0.1, -0.05) is 29.8 Å². The number of aryl methyl sites for hydroxylation is 2. The molecule has 144 valence electrons. The van der Waals surface area contributed by atoms with Gasteiger partial charge >= 0.3 is 0 Å². The van der Waals surface area contributed by atoms with Crippen molar-refractivity contribution in [1.29, 1.82) is 0 Å². The fourth-order valence-electron chi connectivity index (χ4n) is 2.62. The summed E-state index contributed by atoms with van der Waals surface area (Å²) in [5, 5.41) is 13.8. The van der Waals surface area contributed by atoms with Gasteiger partial charge in [0.2, 0.25) is 10.0 Å². The predicted molar refractivity (Wildman–Crippen MR) is 107 cm³/mol. The zero-order valence-corrected chi connectivity index (χ0v) is 16.5. The molecule has 0 spiro atoms. The number of anilines is 1. The number of phenolic OH excluding ortho intramolecular Hbond substituents is 1. The van der Waals surface area contributed by atoms with E-state index in [4.69, 9.17) is 0 Å². The summed E-state index contributed by atoms with van der Waals surface area (Å²) in [6, 6.07) is 11.9. The molecule has 1 amide bonds. The smallest absolute Gasteiger partial charge is 0.260 e. The van der Waals surface area contributed by atoms with E-state index in [2.05, 4.69) is 10.5 Å². The molecule has 0 radical (unpaired) electrons. The van der Waals surface area contributed by atoms with E-state index in [0.717, 1.165) is 21.7 Å². The second kappa shape index (κ2) is 8.22. The molecule has 7 nitrogen and oxygen atoms in total. The molecular formula is C19H23N3O4S. The minimum atomic E-state index is -3.66. The van der Waals surface area contributed by atoms with Gasteiger partial charge in [0, 0.05) is 5.56 Å². The molecule has 0 aliphatic heterocycles. The minimum Gasteiger partial charge on any atom is -0.507 e. The maximum atomic E-state index is 12.3. The molecule has 2 N–H and O–H groups in total. The van der Waals surface area contributed by atoms with E-state index in [1.165, 1.54) is 6.07 Å². The van der Waals surface area contributed by atoms with E-state index in [0.29, 0.717) is 17.0 Å². The first-order valence-electron chi connectivity index (χ1n) is 8.26. The van der Waals surface area contributed by atoms with E-state index < -0.39 is 22.5 Å². The number of rotatable bonds is 6. The maximum Gasteiger partial charge on any atom is 0.260 e. The summed E-state index contributed by atoms with van der Waals surface area (Å²) in [5.41, 5.74) is 5.42. The van der Waals surface area contributed by atoms with Gasteiger partial charge in [0.05, 0.1) is 17.7 Å². The molecule has 2 aromatic carbocycles. The SMILES string of the molecule is C/C(=N/NC(=O)CN(c1ccc(C)cc1C)S(C)(=O)=O)c1ccccc1O. The standard InChI is InChI=1S/C19H23N3O4S/c1-13-9-10-17(14(2)11-13)22(27(4,25)26)12-19(24)21-20-15(3)16-7-5-6-8-18(16)23/h5-11,23H,12H2,1-4H3,(H,21,24)/b20-15-. The van der Waals surface area contributed by atoms with Crippen molar-refractivity contribution in [2.45, 2.75) is 20.8 Å². The summed E-state index contributed by atoms with van der Waals surface area (Å²) in [7, 11) is -3.66. The number of phenols is 1. The Kier molecular flexibility index (Phi) is 6.22. The Morgan fingerprint density at radius 3 is 2.44 bits per heavy atom. The van der Waals surface area contributed by atoms with E-state index in [-0.39, 0.29) is 5.75 Å². The molecule has 0 aromatic heterocycles. The molecule has 0 atom stereocenters. The van der Waals surface area contributed by atoms with Gasteiger partial charge in [-0.15, -0.1) is 0 Å². The Morgan fingerprint density at radius 2 is 1.85 bits per heavy atom. The molecule has 2 rings (SSSR count). The number of benzene rings is 2. The van der Waals surface area contributed by atoms with Crippen molar-refractivity contribution in [3.8, 4) is 5.75 Å². The van der Waals surface area contributed by atoms with Gasteiger partial charge in [-0.25, -0.2) is 13.8 Å². The first-order valence-corrected chi connectivity index (χ1v) is 10.1. The summed E-state index contributed by atoms with van der Waals surface area (Å²) in [6.45, 7) is 4.93. The molecular weight excluding hydrogens is 366 g/mol. The molecule has 0 saturated carbocycles. The fourth-order valence-corrected chi connectivity index (χ4v) is 3.53. The summed E-state index contributed by atoms with van der Waals surface area (Å²) in [4.78, 5) is 12.3. The van der Waals surface area contributed by atoms with Crippen LogP contribution >= 0.6 is 0 Å². The number of hydrogen-bond acceptors (Lipinski definition) is 5. The number of carbonyl (C=O) groups is 1. The quantitative estimate of drug-likeness (QED) is 0.585. The van der Waals surface area contributed by atoms with Crippen LogP contribution in [0.25, 0.3) is 0 Å². The number of aromatic hydroxyl groups is 1. The van der Waals surface area contributed by atoms with Crippen LogP contribution in [0.4, 0.5) is 5.69 Å². The van der Waals surface area contributed by atoms with Crippen LogP contribution in [0, 0.1) is 13.8 Å². The van der Waals surface area contributed by atoms with Gasteiger partial charge in [-0.05, 0) is 44.5 Å². The van der Waals surface area contributed by atoms with Crippen LogP contribution in [0.3, 0.4) is 0 Å². The Bertz CT molecular complexity index is 984. The van der Waals surface area contributed by atoms with Crippen molar-refractivity contribution in [3.05, 3.63) is 59.2 Å². The minimum absolute atomic E-state index is 0.0426. The Hall–Kier alpha value is -2.87. The van der Waals surface area contributed by atoms with Gasteiger partial charge in [0.1, 0.15) is 12.3 Å². The molecule has 0 unspecified atom stereocenters. The average molecular weight is 389 g/mol. The highest BCUT2D eigenvalue weighted by molar-refractivity contribution is 7.92. The molecule has 0 aliphatic rings. The summed E-state index contributed by atoms with van der Waals surface area (Å²) < 4.78 is 25.4. The van der Waals surface area contributed by atoms with Crippen molar-refractivity contribution >= 4 is 27.3 Å². The Balaban J connectivity index is 2.20. The zero-order valence-electron chi connectivity index (χ0n) is 15.7. The third-order valence-corrected chi connectivity index (χ3v) is 5.08. The monoisotopic (exact) mass is 389 g/mol. The number of para-hydroxylation sites is 1. The number of hydrogen-bond donors (Lipinski definition) is 2. The number of hydrazone groups is 1. The zero-order chi connectivity index (χ0) is 20.2. The molecule has 0 saturated heterocycles. The van der Waals surface area contributed by atoms with E-state index in [1.54, 1.807) is 44.2 Å². The van der Waals surface area contributed by atoms with E-state index in [1.807, 2.05) is 13.0 Å². The highest BCUT2D eigenvalue weighted by atomic mass is 32.2. The summed E-state index contributed by atoms with van der Waals surface area (Å²) in [5.74, 6) is -0.545. The summed E-state index contributed by atoms with van der Waals surface area (Å²) in [6.07, 6.45) is 1.05. The van der Waals surface area contributed by atoms with Crippen molar-refractivity contribution in [3.63, 3.8) is 0 Å². The lowest BCUT2D eigenvalue weighted by molar-refractivity contribution is -0.119. The molecule has 0 fully saturated rings. The first-order chi connectivity index (χ1) is 12.6. The molecule has 0 bridgehead atoms. The molecule has 8 heteroatoms.